The quantitative estimate of drug-likeness (QED) is 0.864. The summed E-state index contributed by atoms with van der Waals surface area (Å²) in [6.07, 6.45) is 8.93. The molecule has 0 aromatic heterocycles. The highest BCUT2D eigenvalue weighted by atomic mass is 16.3. The normalized spacial score (nSPS) is 27.5. The minimum atomic E-state index is 0.0662. The molecule has 2 fully saturated rings. The zero-order chi connectivity index (χ0) is 15.5. The molecule has 122 valence electrons. The Labute approximate surface area is 130 Å². The summed E-state index contributed by atoms with van der Waals surface area (Å²) < 4.78 is 0. The van der Waals surface area contributed by atoms with Gasteiger partial charge in [0, 0.05) is 13.0 Å². The summed E-state index contributed by atoms with van der Waals surface area (Å²) in [6.45, 7) is 7.81. The maximum Gasteiger partial charge on any atom is 0.222 e. The summed E-state index contributed by atoms with van der Waals surface area (Å²) in [5.41, 5.74) is 0.274. The number of hydrogen-bond donors (Lipinski definition) is 1. The van der Waals surface area contributed by atoms with Gasteiger partial charge in [0.2, 0.25) is 5.91 Å². The van der Waals surface area contributed by atoms with E-state index < -0.39 is 0 Å². The van der Waals surface area contributed by atoms with Gasteiger partial charge in [0.1, 0.15) is 0 Å². The van der Waals surface area contributed by atoms with Crippen LogP contribution in [0.25, 0.3) is 0 Å². The molecule has 0 unspecified atom stereocenters. The molecule has 1 heterocycles. The highest BCUT2D eigenvalue weighted by Crippen LogP contribution is 2.36. The van der Waals surface area contributed by atoms with E-state index in [4.69, 9.17) is 0 Å². The summed E-state index contributed by atoms with van der Waals surface area (Å²) in [4.78, 5) is 14.6. The Morgan fingerprint density at radius 3 is 2.38 bits per heavy atom. The number of rotatable bonds is 3. The number of likely N-dealkylation sites (tertiary alicyclic amines) is 1. The van der Waals surface area contributed by atoms with Gasteiger partial charge in [-0.25, -0.2) is 0 Å². The van der Waals surface area contributed by atoms with Crippen LogP contribution in [0.5, 0.6) is 0 Å². The van der Waals surface area contributed by atoms with Crippen molar-refractivity contribution in [1.82, 2.24) is 4.90 Å². The van der Waals surface area contributed by atoms with Gasteiger partial charge < -0.3 is 10.0 Å². The lowest BCUT2D eigenvalue weighted by atomic mass is 9.76. The van der Waals surface area contributed by atoms with Crippen molar-refractivity contribution in [2.75, 3.05) is 13.2 Å². The first-order valence-electron chi connectivity index (χ1n) is 8.84. The largest absolute Gasteiger partial charge is 0.394 e. The third-order valence-electron chi connectivity index (χ3n) is 5.75. The van der Waals surface area contributed by atoms with Crippen molar-refractivity contribution in [3.05, 3.63) is 0 Å². The Kier molecular flexibility index (Phi) is 5.70. The molecule has 1 aliphatic heterocycles. The monoisotopic (exact) mass is 295 g/mol. The fourth-order valence-electron chi connectivity index (χ4n) is 4.24. The van der Waals surface area contributed by atoms with Crippen LogP contribution in [0.3, 0.4) is 0 Å². The second kappa shape index (κ2) is 7.13. The maximum atomic E-state index is 12.5. The number of hydrogen-bond acceptors (Lipinski definition) is 2. The molecule has 21 heavy (non-hydrogen) atoms. The van der Waals surface area contributed by atoms with E-state index in [0.717, 1.165) is 19.4 Å². The lowest BCUT2D eigenvalue weighted by Crippen LogP contribution is -2.47. The molecule has 0 aromatic carbocycles. The molecule has 2 aliphatic rings. The lowest BCUT2D eigenvalue weighted by molar-refractivity contribution is -0.135. The molecule has 1 N–H and O–H groups in total. The van der Waals surface area contributed by atoms with Crippen molar-refractivity contribution in [2.45, 2.75) is 78.2 Å². The van der Waals surface area contributed by atoms with Crippen LogP contribution >= 0.6 is 0 Å². The molecule has 3 heteroatoms. The van der Waals surface area contributed by atoms with Gasteiger partial charge >= 0.3 is 0 Å². The Morgan fingerprint density at radius 1 is 1.14 bits per heavy atom. The molecule has 2 atom stereocenters. The van der Waals surface area contributed by atoms with E-state index in [1.54, 1.807) is 0 Å². The van der Waals surface area contributed by atoms with Crippen LogP contribution in [0.15, 0.2) is 0 Å². The number of nitrogens with zero attached hydrogens (tertiary/aromatic N) is 1. The van der Waals surface area contributed by atoms with E-state index in [-0.39, 0.29) is 24.0 Å². The molecule has 2 rings (SSSR count). The van der Waals surface area contributed by atoms with Crippen molar-refractivity contribution >= 4 is 5.91 Å². The minimum Gasteiger partial charge on any atom is -0.394 e. The fourth-order valence-corrected chi connectivity index (χ4v) is 4.24. The molecule has 0 bridgehead atoms. The summed E-state index contributed by atoms with van der Waals surface area (Å²) in [6, 6.07) is 0.0662. The summed E-state index contributed by atoms with van der Waals surface area (Å²) in [5.74, 6) is 1.39. The van der Waals surface area contributed by atoms with Crippen LogP contribution in [0.4, 0.5) is 0 Å². The molecule has 1 aliphatic carbocycles. The Morgan fingerprint density at radius 2 is 1.81 bits per heavy atom. The first-order valence-corrected chi connectivity index (χ1v) is 8.84. The zero-order valence-corrected chi connectivity index (χ0v) is 14.1. The molecule has 0 radical (unpaired) electrons. The van der Waals surface area contributed by atoms with Gasteiger partial charge in [0.05, 0.1) is 12.6 Å². The van der Waals surface area contributed by atoms with Crippen molar-refractivity contribution in [2.24, 2.45) is 17.3 Å². The molecular weight excluding hydrogens is 262 g/mol. The first kappa shape index (κ1) is 16.8. The molecule has 3 nitrogen and oxygen atoms in total. The van der Waals surface area contributed by atoms with Gasteiger partial charge in [-0.15, -0.1) is 0 Å². The smallest absolute Gasteiger partial charge is 0.222 e. The molecule has 0 spiro atoms. The van der Waals surface area contributed by atoms with Crippen LogP contribution < -0.4 is 0 Å². The average Bonchev–Trinajstić information content (AvgIpc) is 2.64. The van der Waals surface area contributed by atoms with Gasteiger partial charge in [-0.2, -0.15) is 0 Å². The van der Waals surface area contributed by atoms with E-state index in [9.17, 15) is 9.90 Å². The molecule has 0 aromatic rings. The van der Waals surface area contributed by atoms with E-state index in [1.165, 1.54) is 32.1 Å². The topological polar surface area (TPSA) is 40.5 Å². The summed E-state index contributed by atoms with van der Waals surface area (Å²) >= 11 is 0. The van der Waals surface area contributed by atoms with Crippen molar-refractivity contribution in [3.63, 3.8) is 0 Å². The van der Waals surface area contributed by atoms with Gasteiger partial charge in [0.25, 0.3) is 0 Å². The maximum absolute atomic E-state index is 12.5. The second-order valence-electron chi connectivity index (χ2n) is 8.13. The predicted molar refractivity (Wildman–Crippen MR) is 86.0 cm³/mol. The molecule has 1 saturated carbocycles. The van der Waals surface area contributed by atoms with Crippen LogP contribution in [-0.4, -0.2) is 35.1 Å². The van der Waals surface area contributed by atoms with Crippen LogP contribution in [0.1, 0.15) is 72.1 Å². The Balaban J connectivity index is 2.04. The second-order valence-corrected chi connectivity index (χ2v) is 8.13. The van der Waals surface area contributed by atoms with Crippen LogP contribution in [-0.2, 0) is 4.79 Å². The SMILES string of the molecule is CC(C)(C)[C@H]1CCC(=O)N([C@@H](CO)C2CCCCC2)CC1. The third kappa shape index (κ3) is 4.21. The van der Waals surface area contributed by atoms with Gasteiger partial charge in [0.15, 0.2) is 0 Å². The standard InChI is InChI=1S/C18H33NO2/c1-18(2,3)15-9-10-17(21)19(12-11-15)16(13-20)14-7-5-4-6-8-14/h14-16,20H,4-13H2,1-3H3/t15-,16-/m0/s1. The number of aliphatic hydroxyl groups excluding tert-OH is 1. The highest BCUT2D eigenvalue weighted by Gasteiger charge is 2.35. The van der Waals surface area contributed by atoms with Crippen molar-refractivity contribution in [3.8, 4) is 0 Å². The Hall–Kier alpha value is -0.570. The number of carbonyl (C=O) groups excluding carboxylic acids is 1. The minimum absolute atomic E-state index is 0.0662. The zero-order valence-electron chi connectivity index (χ0n) is 14.1. The van der Waals surface area contributed by atoms with E-state index in [2.05, 4.69) is 20.8 Å². The molecular formula is C18H33NO2. The van der Waals surface area contributed by atoms with Crippen LogP contribution in [0, 0.1) is 17.3 Å². The van der Waals surface area contributed by atoms with E-state index in [1.807, 2.05) is 4.90 Å². The van der Waals surface area contributed by atoms with Gasteiger partial charge in [-0.3, -0.25) is 4.79 Å². The number of amides is 1. The summed E-state index contributed by atoms with van der Waals surface area (Å²) in [5, 5.41) is 9.87. The van der Waals surface area contributed by atoms with Crippen molar-refractivity contribution in [1.29, 1.82) is 0 Å². The van der Waals surface area contributed by atoms with Crippen LogP contribution in [0.2, 0.25) is 0 Å². The van der Waals surface area contributed by atoms with E-state index in [0.29, 0.717) is 18.3 Å². The Bertz CT molecular complexity index is 342. The van der Waals surface area contributed by atoms with E-state index >= 15 is 0 Å². The highest BCUT2D eigenvalue weighted by molar-refractivity contribution is 5.76. The first-order chi connectivity index (χ1) is 9.93. The third-order valence-corrected chi connectivity index (χ3v) is 5.75. The fraction of sp³-hybridized carbons (Fsp3) is 0.944. The lowest BCUT2D eigenvalue weighted by Gasteiger charge is -2.37. The van der Waals surface area contributed by atoms with Gasteiger partial charge in [-0.05, 0) is 42.9 Å². The predicted octanol–water partition coefficient (Wildman–Crippen LogP) is 3.60. The molecule has 1 amide bonds. The average molecular weight is 295 g/mol. The number of aliphatic hydroxyl groups is 1. The molecule has 1 saturated heterocycles. The van der Waals surface area contributed by atoms with Gasteiger partial charge in [-0.1, -0.05) is 40.0 Å². The summed E-state index contributed by atoms with van der Waals surface area (Å²) in [7, 11) is 0. The van der Waals surface area contributed by atoms with Crippen molar-refractivity contribution < 1.29 is 9.90 Å². The number of carbonyl (C=O) groups is 1.